The minimum atomic E-state index is -0.405. The highest BCUT2D eigenvalue weighted by atomic mass is 32.2. The van der Waals surface area contributed by atoms with Gasteiger partial charge in [0.25, 0.3) is 0 Å². The number of hydrogen-bond donors (Lipinski definition) is 0. The number of fused-ring (bicyclic) bond motifs is 2. The molecule has 0 aliphatic carbocycles. The van der Waals surface area contributed by atoms with Gasteiger partial charge in [0.1, 0.15) is 10.7 Å². The molecular formula is C21H19FO4S2. The van der Waals surface area contributed by atoms with Crippen molar-refractivity contribution >= 4 is 39.2 Å². The molecule has 0 fully saturated rings. The van der Waals surface area contributed by atoms with E-state index in [0.717, 1.165) is 27.5 Å². The fourth-order valence-electron chi connectivity index (χ4n) is 3.06. The highest BCUT2D eigenvalue weighted by Crippen LogP contribution is 2.39. The lowest BCUT2D eigenvalue weighted by Gasteiger charge is -2.10. The average Bonchev–Trinajstić information content (AvgIpc) is 2.91. The van der Waals surface area contributed by atoms with Crippen LogP contribution in [0.4, 0.5) is 4.39 Å². The Hall–Kier alpha value is -2.25. The summed E-state index contributed by atoms with van der Waals surface area (Å²) in [5.41, 5.74) is 0.675. The molecule has 7 heteroatoms. The third-order valence-corrected chi connectivity index (χ3v) is 6.52. The molecular weight excluding hydrogens is 399 g/mol. The van der Waals surface area contributed by atoms with Gasteiger partial charge in [0, 0.05) is 27.2 Å². The quantitative estimate of drug-likeness (QED) is 0.395. The third kappa shape index (κ3) is 3.82. The molecule has 0 unspecified atom stereocenters. The van der Waals surface area contributed by atoms with Gasteiger partial charge in [-0.3, -0.25) is 0 Å². The van der Waals surface area contributed by atoms with E-state index in [1.54, 1.807) is 13.0 Å². The van der Waals surface area contributed by atoms with Gasteiger partial charge in [-0.15, -0.1) is 23.1 Å². The van der Waals surface area contributed by atoms with Crippen LogP contribution in [-0.2, 0) is 10.5 Å². The van der Waals surface area contributed by atoms with E-state index in [1.165, 1.54) is 29.2 Å². The van der Waals surface area contributed by atoms with Crippen LogP contribution in [0.1, 0.15) is 28.6 Å². The lowest BCUT2D eigenvalue weighted by Crippen LogP contribution is -2.05. The molecule has 0 saturated carbocycles. The summed E-state index contributed by atoms with van der Waals surface area (Å²) in [4.78, 5) is 13.8. The number of thiophene rings is 1. The number of ether oxygens (including phenoxy) is 3. The summed E-state index contributed by atoms with van der Waals surface area (Å²) in [7, 11) is 0. The normalized spacial score (nSPS) is 13.4. The van der Waals surface area contributed by atoms with Gasteiger partial charge in [0.2, 0.25) is 0 Å². The van der Waals surface area contributed by atoms with Gasteiger partial charge in [-0.2, -0.15) is 0 Å². The highest BCUT2D eigenvalue weighted by molar-refractivity contribution is 7.98. The first-order chi connectivity index (χ1) is 13.7. The molecule has 1 aliphatic heterocycles. The maximum atomic E-state index is 14.5. The van der Waals surface area contributed by atoms with Gasteiger partial charge in [-0.05, 0) is 42.8 Å². The minimum Gasteiger partial charge on any atom is -0.490 e. The van der Waals surface area contributed by atoms with E-state index in [4.69, 9.17) is 14.2 Å². The predicted octanol–water partition coefficient (Wildman–Crippen LogP) is 5.67. The Morgan fingerprint density at radius 1 is 1.21 bits per heavy atom. The second-order valence-corrected chi connectivity index (χ2v) is 8.29. The van der Waals surface area contributed by atoms with Crippen molar-refractivity contribution in [2.75, 3.05) is 19.8 Å². The standard InChI is InChI=1S/C21H19FO4S2/c1-2-24-21(23)20-14(19-15(22)5-3-6-18(19)28-20)12-27-13-7-8-16-17(11-13)26-10-4-9-25-16/h3,5-8,11H,2,4,9-10,12H2,1H3. The molecule has 4 rings (SSSR count). The van der Waals surface area contributed by atoms with Gasteiger partial charge in [0.05, 0.1) is 19.8 Å². The summed E-state index contributed by atoms with van der Waals surface area (Å²) >= 11 is 2.80. The van der Waals surface area contributed by atoms with E-state index in [1.807, 2.05) is 24.3 Å². The van der Waals surface area contributed by atoms with Crippen LogP contribution in [0, 0.1) is 5.82 Å². The molecule has 0 saturated heterocycles. The van der Waals surface area contributed by atoms with Crippen molar-refractivity contribution < 1.29 is 23.4 Å². The fourth-order valence-corrected chi connectivity index (χ4v) is 5.23. The molecule has 2 heterocycles. The lowest BCUT2D eigenvalue weighted by molar-refractivity contribution is 0.0531. The van der Waals surface area contributed by atoms with E-state index in [-0.39, 0.29) is 12.4 Å². The zero-order valence-corrected chi connectivity index (χ0v) is 17.0. The minimum absolute atomic E-state index is 0.282. The van der Waals surface area contributed by atoms with Crippen LogP contribution < -0.4 is 9.47 Å². The maximum Gasteiger partial charge on any atom is 0.348 e. The van der Waals surface area contributed by atoms with Crippen LogP contribution in [0.3, 0.4) is 0 Å². The Bertz CT molecular complexity index is 1020. The summed E-state index contributed by atoms with van der Waals surface area (Å²) in [5.74, 6) is 1.18. The summed E-state index contributed by atoms with van der Waals surface area (Å²) < 4.78 is 31.8. The molecule has 4 nitrogen and oxygen atoms in total. The van der Waals surface area contributed by atoms with Gasteiger partial charge in [-0.1, -0.05) is 6.07 Å². The zero-order chi connectivity index (χ0) is 19.5. The second kappa shape index (κ2) is 8.41. The smallest absolute Gasteiger partial charge is 0.348 e. The fraction of sp³-hybridized carbons (Fsp3) is 0.286. The highest BCUT2D eigenvalue weighted by Gasteiger charge is 2.22. The summed E-state index contributed by atoms with van der Waals surface area (Å²) in [6, 6.07) is 10.7. The Morgan fingerprint density at radius 2 is 2.04 bits per heavy atom. The molecule has 0 spiro atoms. The SMILES string of the molecule is CCOC(=O)c1sc2cccc(F)c2c1CSc1ccc2c(c1)OCCCO2. The molecule has 0 bridgehead atoms. The monoisotopic (exact) mass is 418 g/mol. The number of carbonyl (C=O) groups is 1. The Labute approximate surface area is 170 Å². The first-order valence-electron chi connectivity index (χ1n) is 9.07. The largest absolute Gasteiger partial charge is 0.490 e. The van der Waals surface area contributed by atoms with Gasteiger partial charge >= 0.3 is 5.97 Å². The third-order valence-electron chi connectivity index (χ3n) is 4.33. The van der Waals surface area contributed by atoms with Crippen molar-refractivity contribution in [2.45, 2.75) is 24.0 Å². The van der Waals surface area contributed by atoms with Crippen LogP contribution in [0.5, 0.6) is 11.5 Å². The average molecular weight is 419 g/mol. The van der Waals surface area contributed by atoms with Crippen molar-refractivity contribution in [1.29, 1.82) is 0 Å². The number of esters is 1. The van der Waals surface area contributed by atoms with Crippen molar-refractivity contribution in [3.63, 3.8) is 0 Å². The number of halogens is 1. The number of thioether (sulfide) groups is 1. The van der Waals surface area contributed by atoms with E-state index < -0.39 is 5.97 Å². The molecule has 0 radical (unpaired) electrons. The van der Waals surface area contributed by atoms with E-state index in [2.05, 4.69) is 0 Å². The molecule has 28 heavy (non-hydrogen) atoms. The second-order valence-electron chi connectivity index (χ2n) is 6.19. The first kappa shape index (κ1) is 19.1. The summed E-state index contributed by atoms with van der Waals surface area (Å²) in [6.45, 7) is 3.30. The van der Waals surface area contributed by atoms with Gasteiger partial charge < -0.3 is 14.2 Å². The Morgan fingerprint density at radius 3 is 2.86 bits per heavy atom. The van der Waals surface area contributed by atoms with Crippen molar-refractivity contribution in [3.8, 4) is 11.5 Å². The topological polar surface area (TPSA) is 44.8 Å². The van der Waals surface area contributed by atoms with E-state index in [9.17, 15) is 9.18 Å². The van der Waals surface area contributed by atoms with Gasteiger partial charge in [0.15, 0.2) is 11.5 Å². The lowest BCUT2D eigenvalue weighted by atomic mass is 10.1. The molecule has 146 valence electrons. The Balaban J connectivity index is 1.65. The maximum absolute atomic E-state index is 14.5. The van der Waals surface area contributed by atoms with Crippen molar-refractivity contribution in [1.82, 2.24) is 0 Å². The van der Waals surface area contributed by atoms with Crippen LogP contribution in [-0.4, -0.2) is 25.8 Å². The number of rotatable bonds is 5. The first-order valence-corrected chi connectivity index (χ1v) is 10.9. The van der Waals surface area contributed by atoms with Crippen LogP contribution >= 0.6 is 23.1 Å². The molecule has 2 aromatic carbocycles. The number of hydrogen-bond acceptors (Lipinski definition) is 6. The van der Waals surface area contributed by atoms with Crippen molar-refractivity contribution in [3.05, 3.63) is 52.7 Å². The Kier molecular flexibility index (Phi) is 5.73. The molecule has 3 aromatic rings. The van der Waals surface area contributed by atoms with Crippen LogP contribution in [0.2, 0.25) is 0 Å². The summed E-state index contributed by atoms with van der Waals surface area (Å²) in [5, 5.41) is 0.498. The molecule has 0 atom stereocenters. The summed E-state index contributed by atoms with van der Waals surface area (Å²) in [6.07, 6.45) is 0.847. The molecule has 0 amide bonds. The predicted molar refractivity (Wildman–Crippen MR) is 109 cm³/mol. The van der Waals surface area contributed by atoms with Crippen molar-refractivity contribution in [2.24, 2.45) is 0 Å². The molecule has 1 aromatic heterocycles. The van der Waals surface area contributed by atoms with Crippen LogP contribution in [0.25, 0.3) is 10.1 Å². The molecule has 0 N–H and O–H groups in total. The zero-order valence-electron chi connectivity index (χ0n) is 15.3. The van der Waals surface area contributed by atoms with E-state index in [0.29, 0.717) is 34.8 Å². The van der Waals surface area contributed by atoms with Crippen LogP contribution in [0.15, 0.2) is 41.3 Å². The number of benzene rings is 2. The number of carbonyl (C=O) groups excluding carboxylic acids is 1. The molecule has 1 aliphatic rings. The van der Waals surface area contributed by atoms with Gasteiger partial charge in [-0.25, -0.2) is 9.18 Å². The van der Waals surface area contributed by atoms with E-state index >= 15 is 0 Å².